The fourth-order valence-corrected chi connectivity index (χ4v) is 5.05. The maximum Gasteiger partial charge on any atom is 0.244 e. The third kappa shape index (κ3) is 4.00. The summed E-state index contributed by atoms with van der Waals surface area (Å²) < 4.78 is 6.73. The molecule has 1 amide bonds. The van der Waals surface area contributed by atoms with E-state index in [1.807, 2.05) is 48.5 Å². The van der Waals surface area contributed by atoms with Gasteiger partial charge in [-0.3, -0.25) is 4.79 Å². The van der Waals surface area contributed by atoms with Gasteiger partial charge in [0.15, 0.2) is 0 Å². The first-order valence-electron chi connectivity index (χ1n) is 9.87. The quantitative estimate of drug-likeness (QED) is 0.488. The van der Waals surface area contributed by atoms with Gasteiger partial charge in [0.25, 0.3) is 0 Å². The van der Waals surface area contributed by atoms with Crippen molar-refractivity contribution in [1.82, 2.24) is 5.43 Å². The standard InChI is InChI=1S/C23H25BrN2O2/c1-23-12-6-5-9-18(23)21(23)22(27)26-25-14-17-10-11-20(19(24)13-17)28-15-16-7-3-2-4-8-16/h2-4,7-8,10-11,13-14,18,21H,5-6,9,12,15H2,1H3,(H,26,27)/b25-14-/t18-,21+,23+/m1/s1. The second-order valence-corrected chi connectivity index (χ2v) is 8.89. The number of fused-ring (bicyclic) bond motifs is 1. The Morgan fingerprint density at radius 1 is 1.29 bits per heavy atom. The summed E-state index contributed by atoms with van der Waals surface area (Å²) in [7, 11) is 0. The molecule has 2 aliphatic rings. The fraction of sp³-hybridized carbons (Fsp3) is 0.391. The second kappa shape index (κ2) is 8.08. The van der Waals surface area contributed by atoms with Crippen molar-refractivity contribution in [3.05, 3.63) is 64.1 Å². The first-order chi connectivity index (χ1) is 13.6. The Morgan fingerprint density at radius 2 is 2.11 bits per heavy atom. The lowest BCUT2D eigenvalue weighted by Gasteiger charge is -2.15. The van der Waals surface area contributed by atoms with E-state index in [1.165, 1.54) is 19.3 Å². The zero-order valence-corrected chi connectivity index (χ0v) is 17.6. The number of amides is 1. The molecule has 1 N–H and O–H groups in total. The van der Waals surface area contributed by atoms with Gasteiger partial charge < -0.3 is 4.74 Å². The Labute approximate surface area is 174 Å². The molecule has 0 radical (unpaired) electrons. The lowest BCUT2D eigenvalue weighted by Crippen LogP contribution is -2.22. The fourth-order valence-electron chi connectivity index (χ4n) is 4.54. The van der Waals surface area contributed by atoms with E-state index in [-0.39, 0.29) is 17.2 Å². The van der Waals surface area contributed by atoms with Crippen molar-refractivity contribution in [2.75, 3.05) is 0 Å². The van der Waals surface area contributed by atoms with Crippen LogP contribution in [0.25, 0.3) is 0 Å². The Balaban J connectivity index is 1.31. The highest BCUT2D eigenvalue weighted by molar-refractivity contribution is 9.10. The van der Waals surface area contributed by atoms with E-state index in [0.717, 1.165) is 27.8 Å². The van der Waals surface area contributed by atoms with Crippen LogP contribution in [0.2, 0.25) is 0 Å². The number of hydrazone groups is 1. The third-order valence-corrected chi connectivity index (χ3v) is 6.82. The van der Waals surface area contributed by atoms with Crippen LogP contribution < -0.4 is 10.2 Å². The summed E-state index contributed by atoms with van der Waals surface area (Å²) in [6.45, 7) is 2.76. The van der Waals surface area contributed by atoms with E-state index in [0.29, 0.717) is 12.5 Å². The molecular weight excluding hydrogens is 416 g/mol. The molecule has 2 saturated carbocycles. The minimum atomic E-state index is 0.0625. The number of carbonyl (C=O) groups is 1. The van der Waals surface area contributed by atoms with Crippen LogP contribution in [-0.4, -0.2) is 12.1 Å². The molecule has 0 spiro atoms. The van der Waals surface area contributed by atoms with Crippen LogP contribution >= 0.6 is 15.9 Å². The van der Waals surface area contributed by atoms with Gasteiger partial charge in [0.05, 0.1) is 10.7 Å². The van der Waals surface area contributed by atoms with Crippen molar-refractivity contribution in [2.45, 2.75) is 39.2 Å². The highest BCUT2D eigenvalue weighted by Gasteiger charge is 2.64. The number of carbonyl (C=O) groups excluding carboxylic acids is 1. The first-order valence-corrected chi connectivity index (χ1v) is 10.7. The number of hydrogen-bond donors (Lipinski definition) is 1. The minimum Gasteiger partial charge on any atom is -0.488 e. The zero-order valence-electron chi connectivity index (χ0n) is 16.0. The van der Waals surface area contributed by atoms with E-state index in [1.54, 1.807) is 6.21 Å². The van der Waals surface area contributed by atoms with E-state index < -0.39 is 0 Å². The van der Waals surface area contributed by atoms with E-state index >= 15 is 0 Å². The van der Waals surface area contributed by atoms with Crippen molar-refractivity contribution in [1.29, 1.82) is 0 Å². The number of ether oxygens (including phenoxy) is 1. The molecule has 0 saturated heterocycles. The molecular formula is C23H25BrN2O2. The molecule has 28 heavy (non-hydrogen) atoms. The molecule has 146 valence electrons. The van der Waals surface area contributed by atoms with E-state index in [4.69, 9.17) is 4.74 Å². The Morgan fingerprint density at radius 3 is 2.82 bits per heavy atom. The topological polar surface area (TPSA) is 50.7 Å². The Kier molecular flexibility index (Phi) is 5.54. The second-order valence-electron chi connectivity index (χ2n) is 8.03. The monoisotopic (exact) mass is 440 g/mol. The largest absolute Gasteiger partial charge is 0.488 e. The molecule has 0 heterocycles. The highest BCUT2D eigenvalue weighted by Crippen LogP contribution is 2.66. The number of hydrogen-bond acceptors (Lipinski definition) is 3. The summed E-state index contributed by atoms with van der Waals surface area (Å²) in [4.78, 5) is 12.5. The maximum atomic E-state index is 12.5. The molecule has 0 aromatic heterocycles. The van der Waals surface area contributed by atoms with Crippen molar-refractivity contribution in [3.63, 3.8) is 0 Å². The molecule has 4 rings (SSSR count). The molecule has 3 atom stereocenters. The number of rotatable bonds is 6. The smallest absolute Gasteiger partial charge is 0.244 e. The van der Waals surface area contributed by atoms with Gasteiger partial charge in [0.1, 0.15) is 12.4 Å². The van der Waals surface area contributed by atoms with Gasteiger partial charge in [-0.25, -0.2) is 5.43 Å². The Bertz CT molecular complexity index is 883. The van der Waals surface area contributed by atoms with Gasteiger partial charge in [-0.2, -0.15) is 5.10 Å². The predicted molar refractivity (Wildman–Crippen MR) is 114 cm³/mol. The molecule has 2 aromatic carbocycles. The average Bonchev–Trinajstić information content (AvgIpc) is 3.33. The first kappa shape index (κ1) is 19.2. The SMILES string of the molecule is C[C@]12CCCC[C@@H]1[C@H]2C(=O)N/N=C\c1ccc(OCc2ccccc2)c(Br)c1. The van der Waals surface area contributed by atoms with Crippen LogP contribution in [0.1, 0.15) is 43.7 Å². The molecule has 4 nitrogen and oxygen atoms in total. The van der Waals surface area contributed by atoms with Gasteiger partial charge >= 0.3 is 0 Å². The molecule has 2 aromatic rings. The Hall–Kier alpha value is -2.14. The van der Waals surface area contributed by atoms with Crippen molar-refractivity contribution < 1.29 is 9.53 Å². The summed E-state index contributed by atoms with van der Waals surface area (Å²) in [5.74, 6) is 1.52. The predicted octanol–water partition coefficient (Wildman–Crippen LogP) is 5.30. The molecule has 5 heteroatoms. The van der Waals surface area contributed by atoms with Crippen LogP contribution in [0.5, 0.6) is 5.75 Å². The molecule has 2 aliphatic carbocycles. The number of nitrogens with zero attached hydrogens (tertiary/aromatic N) is 1. The summed E-state index contributed by atoms with van der Waals surface area (Å²) in [6.07, 6.45) is 6.51. The molecule has 0 bridgehead atoms. The van der Waals surface area contributed by atoms with Crippen LogP contribution in [0, 0.1) is 17.3 Å². The lowest BCUT2D eigenvalue weighted by atomic mass is 9.90. The summed E-state index contributed by atoms with van der Waals surface area (Å²) >= 11 is 3.55. The number of benzene rings is 2. The van der Waals surface area contributed by atoms with E-state index in [9.17, 15) is 4.79 Å². The van der Waals surface area contributed by atoms with Crippen LogP contribution in [-0.2, 0) is 11.4 Å². The highest BCUT2D eigenvalue weighted by atomic mass is 79.9. The number of halogens is 1. The summed E-state index contributed by atoms with van der Waals surface area (Å²) in [6, 6.07) is 15.8. The average molecular weight is 441 g/mol. The normalized spacial score (nSPS) is 25.9. The lowest BCUT2D eigenvalue weighted by molar-refractivity contribution is -0.123. The van der Waals surface area contributed by atoms with Gasteiger partial charge in [0.2, 0.25) is 5.91 Å². The third-order valence-electron chi connectivity index (χ3n) is 6.20. The van der Waals surface area contributed by atoms with Crippen molar-refractivity contribution in [2.24, 2.45) is 22.4 Å². The van der Waals surface area contributed by atoms with Gasteiger partial charge in [-0.15, -0.1) is 0 Å². The van der Waals surface area contributed by atoms with Crippen molar-refractivity contribution in [3.8, 4) is 5.75 Å². The molecule has 2 fully saturated rings. The van der Waals surface area contributed by atoms with Crippen molar-refractivity contribution >= 4 is 28.1 Å². The minimum absolute atomic E-state index is 0.0625. The zero-order chi connectivity index (χ0) is 19.6. The summed E-state index contributed by atoms with van der Waals surface area (Å²) in [5.41, 5.74) is 4.97. The van der Waals surface area contributed by atoms with Crippen LogP contribution in [0.3, 0.4) is 0 Å². The van der Waals surface area contributed by atoms with Crippen LogP contribution in [0.15, 0.2) is 58.1 Å². The molecule has 0 aliphatic heterocycles. The summed E-state index contributed by atoms with van der Waals surface area (Å²) in [5, 5.41) is 4.17. The number of nitrogens with one attached hydrogen (secondary N) is 1. The van der Waals surface area contributed by atoms with Gasteiger partial charge in [-0.05, 0) is 69.4 Å². The van der Waals surface area contributed by atoms with Crippen LogP contribution in [0.4, 0.5) is 0 Å². The van der Waals surface area contributed by atoms with E-state index in [2.05, 4.69) is 33.4 Å². The maximum absolute atomic E-state index is 12.5. The van der Waals surface area contributed by atoms with Gasteiger partial charge in [-0.1, -0.05) is 50.1 Å². The van der Waals surface area contributed by atoms with Gasteiger partial charge in [0, 0.05) is 5.92 Å². The molecule has 0 unspecified atom stereocenters.